The molecular formula is C24H16F2N4O4S2. The van der Waals surface area contributed by atoms with Gasteiger partial charge < -0.3 is 18.6 Å². The molecule has 0 amide bonds. The predicted molar refractivity (Wildman–Crippen MR) is 131 cm³/mol. The van der Waals surface area contributed by atoms with Gasteiger partial charge in [-0.3, -0.25) is 0 Å². The highest BCUT2D eigenvalue weighted by Gasteiger charge is 2.18. The van der Waals surface area contributed by atoms with Crippen LogP contribution in [0.1, 0.15) is 5.69 Å². The van der Waals surface area contributed by atoms with E-state index in [-0.39, 0.29) is 12.2 Å². The van der Waals surface area contributed by atoms with Crippen LogP contribution in [0.2, 0.25) is 0 Å². The third-order valence-corrected chi connectivity index (χ3v) is 7.16. The molecule has 36 heavy (non-hydrogen) atoms. The maximum Gasteiger partial charge on any atom is 0.294 e. The first-order valence-corrected chi connectivity index (χ1v) is 12.2. The summed E-state index contributed by atoms with van der Waals surface area (Å²) in [6.07, 6.45) is 1.76. The molecule has 6 rings (SSSR count). The van der Waals surface area contributed by atoms with Crippen LogP contribution in [0.15, 0.2) is 52.4 Å². The first-order chi connectivity index (χ1) is 17.5. The van der Waals surface area contributed by atoms with Gasteiger partial charge in [0, 0.05) is 29.1 Å². The summed E-state index contributed by atoms with van der Waals surface area (Å²) >= 11 is 2.58. The average Bonchev–Trinajstić information content (AvgIpc) is 3.64. The number of halogens is 2. The third-order valence-electron chi connectivity index (χ3n) is 5.35. The monoisotopic (exact) mass is 526 g/mol. The Bertz CT molecular complexity index is 1690. The maximum absolute atomic E-state index is 14.1. The lowest BCUT2D eigenvalue weighted by Gasteiger charge is -2.08. The first kappa shape index (κ1) is 22.4. The van der Waals surface area contributed by atoms with Crippen molar-refractivity contribution in [3.05, 3.63) is 65.3 Å². The van der Waals surface area contributed by atoms with Crippen molar-refractivity contribution in [3.8, 4) is 38.7 Å². The van der Waals surface area contributed by atoms with Crippen molar-refractivity contribution in [2.75, 3.05) is 14.2 Å². The van der Waals surface area contributed by atoms with Gasteiger partial charge in [-0.25, -0.2) is 23.3 Å². The number of hydrogen-bond acceptors (Lipinski definition) is 9. The number of benzene rings is 2. The van der Waals surface area contributed by atoms with Gasteiger partial charge in [0.15, 0.2) is 5.76 Å². The molecule has 4 heterocycles. The molecule has 8 nitrogen and oxygen atoms in total. The number of furan rings is 1. The van der Waals surface area contributed by atoms with Crippen molar-refractivity contribution in [1.82, 2.24) is 19.6 Å². The Hall–Kier alpha value is -4.03. The first-order valence-electron chi connectivity index (χ1n) is 10.6. The molecule has 0 N–H and O–H groups in total. The van der Waals surface area contributed by atoms with E-state index in [4.69, 9.17) is 18.6 Å². The molecule has 182 valence electrons. The van der Waals surface area contributed by atoms with Crippen LogP contribution in [0, 0.1) is 11.6 Å². The summed E-state index contributed by atoms with van der Waals surface area (Å²) in [6.45, 7) is 0.131. The number of methoxy groups -OCH3 is 2. The number of aromatic nitrogens is 4. The van der Waals surface area contributed by atoms with E-state index < -0.39 is 11.6 Å². The van der Waals surface area contributed by atoms with Gasteiger partial charge in [0.1, 0.15) is 46.0 Å². The van der Waals surface area contributed by atoms with Gasteiger partial charge in [-0.1, -0.05) is 0 Å². The zero-order valence-corrected chi connectivity index (χ0v) is 20.5. The van der Waals surface area contributed by atoms with E-state index in [9.17, 15) is 8.78 Å². The molecule has 0 bridgehead atoms. The molecule has 2 aromatic carbocycles. The van der Waals surface area contributed by atoms with E-state index in [0.29, 0.717) is 49.4 Å². The fourth-order valence-electron chi connectivity index (χ4n) is 3.64. The second-order valence-electron chi connectivity index (χ2n) is 7.63. The Morgan fingerprint density at radius 2 is 1.94 bits per heavy atom. The fourth-order valence-corrected chi connectivity index (χ4v) is 5.17. The highest BCUT2D eigenvalue weighted by atomic mass is 32.1. The third kappa shape index (κ3) is 4.03. The summed E-state index contributed by atoms with van der Waals surface area (Å²) in [5.74, 6) is 0.336. The van der Waals surface area contributed by atoms with Crippen LogP contribution in [0.5, 0.6) is 16.7 Å². The number of fused-ring (bicyclic) bond motifs is 2. The molecule has 0 unspecified atom stereocenters. The molecule has 0 atom stereocenters. The van der Waals surface area contributed by atoms with Crippen LogP contribution in [-0.4, -0.2) is 33.8 Å². The van der Waals surface area contributed by atoms with Crippen molar-refractivity contribution in [3.63, 3.8) is 0 Å². The highest BCUT2D eigenvalue weighted by Crippen LogP contribution is 2.38. The van der Waals surface area contributed by atoms with Gasteiger partial charge in [0.05, 0.1) is 31.5 Å². The Balaban J connectivity index is 1.29. The lowest BCUT2D eigenvalue weighted by atomic mass is 10.2. The Morgan fingerprint density at radius 1 is 1.06 bits per heavy atom. The summed E-state index contributed by atoms with van der Waals surface area (Å²) in [4.78, 5) is 9.68. The van der Waals surface area contributed by atoms with E-state index >= 15 is 0 Å². The lowest BCUT2D eigenvalue weighted by Crippen LogP contribution is -1.97. The highest BCUT2D eigenvalue weighted by molar-refractivity contribution is 7.18. The molecule has 0 fully saturated rings. The quantitative estimate of drug-likeness (QED) is 0.245. The largest absolute Gasteiger partial charge is 0.496 e. The number of imidazole rings is 1. The van der Waals surface area contributed by atoms with Crippen molar-refractivity contribution < 1.29 is 27.4 Å². The van der Waals surface area contributed by atoms with Gasteiger partial charge in [0.25, 0.3) is 5.19 Å². The summed E-state index contributed by atoms with van der Waals surface area (Å²) < 4.78 is 51.7. The second kappa shape index (κ2) is 8.88. The minimum Gasteiger partial charge on any atom is -0.496 e. The smallest absolute Gasteiger partial charge is 0.294 e. The van der Waals surface area contributed by atoms with E-state index in [0.717, 1.165) is 11.5 Å². The molecule has 0 saturated heterocycles. The number of ether oxygens (including phenoxy) is 3. The topological polar surface area (TPSA) is 83.9 Å². The Kier molecular flexibility index (Phi) is 5.53. The predicted octanol–water partition coefficient (Wildman–Crippen LogP) is 6.20. The SMILES string of the molecule is COc1cc(OCc2csc(-c3ccc(F)cc3F)n2)c2cc(-c3cn4nc(OC)sc4n3)oc2c1. The molecule has 0 saturated carbocycles. The zero-order chi connectivity index (χ0) is 24.8. The van der Waals surface area contributed by atoms with E-state index in [1.54, 1.807) is 42.4 Å². The zero-order valence-electron chi connectivity index (χ0n) is 18.8. The number of thiazole rings is 1. The standard InChI is InChI=1S/C24H16F2N4O4S2/c1-31-14-6-19(33-10-13-11-35-22(27-13)15-4-3-12(25)5-17(15)26)16-8-21(34-20(16)7-14)18-9-30-23(28-18)36-24(29-30)32-2/h3-9,11H,10H2,1-2H3. The summed E-state index contributed by atoms with van der Waals surface area (Å²) in [6, 6.07) is 8.78. The van der Waals surface area contributed by atoms with E-state index in [1.807, 2.05) is 6.07 Å². The van der Waals surface area contributed by atoms with Gasteiger partial charge >= 0.3 is 0 Å². The van der Waals surface area contributed by atoms with E-state index in [2.05, 4.69) is 15.1 Å². The number of hydrogen-bond donors (Lipinski definition) is 0. The molecule has 0 aliphatic carbocycles. The normalized spacial score (nSPS) is 11.4. The van der Waals surface area contributed by atoms with Gasteiger partial charge in [0.2, 0.25) is 4.96 Å². The maximum atomic E-state index is 14.1. The molecule has 6 aromatic rings. The molecule has 4 aromatic heterocycles. The molecule has 0 aliphatic rings. The van der Waals surface area contributed by atoms with Crippen LogP contribution < -0.4 is 14.2 Å². The summed E-state index contributed by atoms with van der Waals surface area (Å²) in [5.41, 5.74) is 2.02. The minimum atomic E-state index is -0.662. The minimum absolute atomic E-state index is 0.131. The van der Waals surface area contributed by atoms with Gasteiger partial charge in [-0.05, 0) is 29.5 Å². The summed E-state index contributed by atoms with van der Waals surface area (Å²) in [7, 11) is 3.11. The van der Waals surface area contributed by atoms with Gasteiger partial charge in [-0.15, -0.1) is 16.4 Å². The van der Waals surface area contributed by atoms with Crippen LogP contribution in [0.4, 0.5) is 8.78 Å². The van der Waals surface area contributed by atoms with Crippen LogP contribution >= 0.6 is 22.7 Å². The number of nitrogens with zero attached hydrogens (tertiary/aromatic N) is 4. The number of rotatable bonds is 7. The molecule has 0 aliphatic heterocycles. The van der Waals surface area contributed by atoms with Crippen molar-refractivity contribution >= 4 is 38.6 Å². The van der Waals surface area contributed by atoms with Gasteiger partial charge in [-0.2, -0.15) is 0 Å². The van der Waals surface area contributed by atoms with E-state index in [1.165, 1.54) is 34.8 Å². The van der Waals surface area contributed by atoms with Crippen molar-refractivity contribution in [2.45, 2.75) is 6.61 Å². The fraction of sp³-hybridized carbons (Fsp3) is 0.125. The Labute approximate surface area is 210 Å². The van der Waals surface area contributed by atoms with Crippen LogP contribution in [0.3, 0.4) is 0 Å². The summed E-state index contributed by atoms with van der Waals surface area (Å²) in [5, 5.41) is 7.75. The van der Waals surface area contributed by atoms with Crippen molar-refractivity contribution in [2.24, 2.45) is 0 Å². The van der Waals surface area contributed by atoms with Crippen LogP contribution in [-0.2, 0) is 6.61 Å². The second-order valence-corrected chi connectivity index (χ2v) is 9.41. The van der Waals surface area contributed by atoms with Crippen LogP contribution in [0.25, 0.3) is 38.0 Å². The average molecular weight is 527 g/mol. The molecular weight excluding hydrogens is 510 g/mol. The molecule has 0 radical (unpaired) electrons. The Morgan fingerprint density at radius 3 is 2.72 bits per heavy atom. The molecule has 12 heteroatoms. The molecule has 0 spiro atoms. The van der Waals surface area contributed by atoms with Crippen molar-refractivity contribution in [1.29, 1.82) is 0 Å². The lowest BCUT2D eigenvalue weighted by molar-refractivity contribution is 0.303.